The van der Waals surface area contributed by atoms with Crippen molar-refractivity contribution in [1.82, 2.24) is 18.8 Å². The van der Waals surface area contributed by atoms with E-state index < -0.39 is 0 Å². The predicted octanol–water partition coefficient (Wildman–Crippen LogP) is 4.33. The van der Waals surface area contributed by atoms with Crippen LogP contribution in [-0.4, -0.2) is 25.0 Å². The maximum absolute atomic E-state index is 12.8. The van der Waals surface area contributed by atoms with Gasteiger partial charge < -0.3 is 4.98 Å². The van der Waals surface area contributed by atoms with Gasteiger partial charge in [-0.3, -0.25) is 8.80 Å². The van der Waals surface area contributed by atoms with E-state index in [9.17, 15) is 8.78 Å². The summed E-state index contributed by atoms with van der Waals surface area (Å²) in [6.07, 6.45) is 8.18. The van der Waals surface area contributed by atoms with Gasteiger partial charge in [0.2, 0.25) is 0 Å². The van der Waals surface area contributed by atoms with Gasteiger partial charge in [-0.25, -0.2) is 13.8 Å². The summed E-state index contributed by atoms with van der Waals surface area (Å²) in [7, 11) is 0. The van der Waals surface area contributed by atoms with Crippen LogP contribution in [0.1, 0.15) is 0 Å². The number of imidazole rings is 2. The molecule has 4 aromatic heterocycles. The smallest absolute Gasteiger partial charge is 0.181 e. The first kappa shape index (κ1) is 15.7. The number of nitrogens with one attached hydrogen (secondary N) is 1. The first-order valence-electron chi connectivity index (χ1n) is 6.60. The van der Waals surface area contributed by atoms with Gasteiger partial charge in [0, 0.05) is 18.6 Å². The van der Waals surface area contributed by atoms with Gasteiger partial charge in [-0.2, -0.15) is 0 Å². The lowest BCUT2D eigenvalue weighted by Crippen LogP contribution is -1.87. The molecule has 0 saturated heterocycles. The van der Waals surface area contributed by atoms with Crippen LogP contribution in [0.15, 0.2) is 54.2 Å². The number of rotatable bonds is 1. The zero-order valence-electron chi connectivity index (χ0n) is 12.0. The quantitative estimate of drug-likeness (QED) is 0.410. The Morgan fingerprint density at radius 1 is 1.04 bits per heavy atom. The van der Waals surface area contributed by atoms with Crippen molar-refractivity contribution >= 4 is 35.0 Å². The highest BCUT2D eigenvalue weighted by molar-refractivity contribution is 7.98. The van der Waals surface area contributed by atoms with E-state index in [0.717, 1.165) is 16.2 Å². The van der Waals surface area contributed by atoms with Crippen LogP contribution in [0.5, 0.6) is 0 Å². The van der Waals surface area contributed by atoms with E-state index in [1.165, 1.54) is 36.3 Å². The second-order valence-electron chi connectivity index (χ2n) is 4.62. The van der Waals surface area contributed by atoms with Crippen molar-refractivity contribution in [3.63, 3.8) is 0 Å². The summed E-state index contributed by atoms with van der Waals surface area (Å²) in [4.78, 5) is 6.93. The Bertz CT molecular complexity index is 1020. The van der Waals surface area contributed by atoms with E-state index in [-0.39, 0.29) is 11.6 Å². The Hall–Kier alpha value is -2.19. The summed E-state index contributed by atoms with van der Waals surface area (Å²) in [5.74, 6) is -0.524. The minimum absolute atomic E-state index is 0.240. The van der Waals surface area contributed by atoms with Crippen LogP contribution in [-0.2, 0) is 0 Å². The molecule has 0 spiro atoms. The molecular formula is C15H12F2N4S2. The Balaban J connectivity index is 0.000000136. The van der Waals surface area contributed by atoms with Crippen LogP contribution >= 0.6 is 24.0 Å². The molecule has 4 nitrogen and oxygen atoms in total. The fourth-order valence-corrected chi connectivity index (χ4v) is 2.81. The number of thioether (sulfide) groups is 1. The first-order valence-corrected chi connectivity index (χ1v) is 8.23. The van der Waals surface area contributed by atoms with Gasteiger partial charge in [0.1, 0.15) is 11.6 Å². The number of aromatic amines is 1. The Morgan fingerprint density at radius 3 is 2.39 bits per heavy atom. The largest absolute Gasteiger partial charge is 0.336 e. The maximum atomic E-state index is 12.8. The third kappa shape index (κ3) is 3.27. The molecule has 0 aliphatic rings. The highest BCUT2D eigenvalue weighted by atomic mass is 32.2. The molecule has 8 heteroatoms. The van der Waals surface area contributed by atoms with Crippen molar-refractivity contribution in [3.05, 3.63) is 65.5 Å². The summed E-state index contributed by atoms with van der Waals surface area (Å²) in [6, 6.07) is 6.21. The summed E-state index contributed by atoms with van der Waals surface area (Å²) < 4.78 is 29.2. The SMILES string of the molecule is CSc1ncc2ccc(F)cn12.Fc1ccc2c[nH]c(=S)n2c1. The Labute approximate surface area is 139 Å². The number of aromatic nitrogens is 4. The van der Waals surface area contributed by atoms with Crippen molar-refractivity contribution in [3.8, 4) is 0 Å². The number of hydrogen-bond donors (Lipinski definition) is 1. The van der Waals surface area contributed by atoms with E-state index in [4.69, 9.17) is 12.2 Å². The summed E-state index contributed by atoms with van der Waals surface area (Å²) >= 11 is 6.39. The minimum Gasteiger partial charge on any atom is -0.336 e. The lowest BCUT2D eigenvalue weighted by molar-refractivity contribution is 0.616. The molecule has 0 aliphatic carbocycles. The van der Waals surface area contributed by atoms with Gasteiger partial charge >= 0.3 is 0 Å². The number of H-pyrrole nitrogens is 1. The van der Waals surface area contributed by atoms with Crippen molar-refractivity contribution < 1.29 is 8.78 Å². The Kier molecular flexibility index (Phi) is 4.44. The van der Waals surface area contributed by atoms with Crippen molar-refractivity contribution in [2.24, 2.45) is 0 Å². The molecule has 0 fully saturated rings. The van der Waals surface area contributed by atoms with Crippen LogP contribution in [0.4, 0.5) is 8.78 Å². The van der Waals surface area contributed by atoms with E-state index in [1.54, 1.807) is 33.3 Å². The average Bonchev–Trinajstić information content (AvgIpc) is 3.11. The van der Waals surface area contributed by atoms with Crippen molar-refractivity contribution in [2.45, 2.75) is 5.16 Å². The molecule has 0 bridgehead atoms. The van der Waals surface area contributed by atoms with Gasteiger partial charge in [-0.15, -0.1) is 0 Å². The third-order valence-corrected chi connectivity index (χ3v) is 4.13. The van der Waals surface area contributed by atoms with Gasteiger partial charge in [-0.05, 0) is 42.7 Å². The topological polar surface area (TPSA) is 37.5 Å². The maximum Gasteiger partial charge on any atom is 0.181 e. The Morgan fingerprint density at radius 2 is 1.70 bits per heavy atom. The number of halogens is 2. The lowest BCUT2D eigenvalue weighted by Gasteiger charge is -1.96. The zero-order valence-corrected chi connectivity index (χ0v) is 13.7. The molecule has 0 atom stereocenters. The first-order chi connectivity index (χ1) is 11.1. The molecule has 0 aromatic carbocycles. The molecule has 4 rings (SSSR count). The monoisotopic (exact) mass is 350 g/mol. The summed E-state index contributed by atoms with van der Waals surface area (Å²) in [6.45, 7) is 0. The lowest BCUT2D eigenvalue weighted by atomic mass is 10.4. The molecule has 4 heterocycles. The number of nitrogens with zero attached hydrogens (tertiary/aromatic N) is 3. The molecule has 0 saturated carbocycles. The zero-order chi connectivity index (χ0) is 16.4. The standard InChI is InChI=1S/C8H7FN2S.C7H5FN2S/c1-12-8-10-4-7-3-2-6(9)5-11(7)8;8-5-1-2-6-3-9-7(11)10(6)4-5/h2-5H,1H3;1-4H,(H,9,11). The minimum atomic E-state index is -0.284. The van der Waals surface area contributed by atoms with Crippen LogP contribution in [0.3, 0.4) is 0 Å². The van der Waals surface area contributed by atoms with Crippen molar-refractivity contribution in [2.75, 3.05) is 6.26 Å². The highest BCUT2D eigenvalue weighted by Crippen LogP contribution is 2.15. The molecule has 1 N–H and O–H groups in total. The molecule has 23 heavy (non-hydrogen) atoms. The van der Waals surface area contributed by atoms with Gasteiger partial charge in [0.25, 0.3) is 0 Å². The van der Waals surface area contributed by atoms with Crippen molar-refractivity contribution in [1.29, 1.82) is 0 Å². The van der Waals surface area contributed by atoms with Gasteiger partial charge in [0.05, 0.1) is 17.2 Å². The van der Waals surface area contributed by atoms with E-state index in [0.29, 0.717) is 4.77 Å². The van der Waals surface area contributed by atoms with Crippen LogP contribution < -0.4 is 0 Å². The number of fused-ring (bicyclic) bond motifs is 2. The van der Waals surface area contributed by atoms with Crippen LogP contribution in [0, 0.1) is 16.4 Å². The average molecular weight is 350 g/mol. The molecule has 0 amide bonds. The molecule has 118 valence electrons. The fraction of sp³-hybridized carbons (Fsp3) is 0.0667. The molecule has 0 aliphatic heterocycles. The van der Waals surface area contributed by atoms with Crippen LogP contribution in [0.2, 0.25) is 0 Å². The van der Waals surface area contributed by atoms with E-state index in [1.807, 2.05) is 6.26 Å². The summed E-state index contributed by atoms with van der Waals surface area (Å²) in [5, 5.41) is 0.810. The van der Waals surface area contributed by atoms with E-state index in [2.05, 4.69) is 9.97 Å². The van der Waals surface area contributed by atoms with Gasteiger partial charge in [0.15, 0.2) is 9.93 Å². The molecular weight excluding hydrogens is 338 g/mol. The fourth-order valence-electron chi connectivity index (χ4n) is 2.08. The number of hydrogen-bond acceptors (Lipinski definition) is 3. The van der Waals surface area contributed by atoms with Gasteiger partial charge in [-0.1, -0.05) is 11.8 Å². The molecule has 0 unspecified atom stereocenters. The van der Waals surface area contributed by atoms with Crippen LogP contribution in [0.25, 0.3) is 11.0 Å². The number of pyridine rings is 2. The molecule has 0 radical (unpaired) electrons. The molecule has 4 aromatic rings. The summed E-state index contributed by atoms with van der Waals surface area (Å²) in [5.41, 5.74) is 1.79. The second kappa shape index (κ2) is 6.51. The predicted molar refractivity (Wildman–Crippen MR) is 89.5 cm³/mol. The third-order valence-electron chi connectivity index (χ3n) is 3.15. The second-order valence-corrected chi connectivity index (χ2v) is 5.78. The normalized spacial score (nSPS) is 10.7. The highest BCUT2D eigenvalue weighted by Gasteiger charge is 2.01. The van der Waals surface area contributed by atoms with E-state index >= 15 is 0 Å².